The lowest BCUT2D eigenvalue weighted by molar-refractivity contribution is -0.135. The van der Waals surface area contributed by atoms with Gasteiger partial charge in [0.15, 0.2) is 6.10 Å². The molecule has 0 aliphatic rings. The maximum absolute atomic E-state index is 12.3. The van der Waals surface area contributed by atoms with Gasteiger partial charge >= 0.3 is 0 Å². The van der Waals surface area contributed by atoms with Gasteiger partial charge in [-0.1, -0.05) is 50.6 Å². The molecule has 3 N–H and O–H groups in total. The Bertz CT molecular complexity index is 448. The third-order valence-electron chi connectivity index (χ3n) is 3.39. The first-order chi connectivity index (χ1) is 9.51. The first-order valence-electron chi connectivity index (χ1n) is 6.68. The van der Waals surface area contributed by atoms with E-state index in [0.717, 1.165) is 12.0 Å². The minimum Gasteiger partial charge on any atom is -0.368 e. The van der Waals surface area contributed by atoms with Crippen LogP contribution in [0.3, 0.4) is 0 Å². The van der Waals surface area contributed by atoms with Crippen LogP contribution in [0, 0.1) is 5.92 Å². The van der Waals surface area contributed by atoms with Crippen LogP contribution in [-0.2, 0) is 14.3 Å². The van der Waals surface area contributed by atoms with E-state index in [9.17, 15) is 9.59 Å². The van der Waals surface area contributed by atoms with Crippen LogP contribution >= 0.6 is 0 Å². The smallest absolute Gasteiger partial charge is 0.254 e. The Hall–Kier alpha value is -1.88. The van der Waals surface area contributed by atoms with Gasteiger partial charge in [-0.3, -0.25) is 9.59 Å². The van der Waals surface area contributed by atoms with Crippen molar-refractivity contribution in [3.63, 3.8) is 0 Å². The molecule has 5 heteroatoms. The predicted octanol–water partition coefficient (Wildman–Crippen LogP) is 1.39. The van der Waals surface area contributed by atoms with Crippen molar-refractivity contribution >= 4 is 11.8 Å². The zero-order valence-corrected chi connectivity index (χ0v) is 12.1. The number of rotatable bonds is 7. The Morgan fingerprint density at radius 1 is 1.30 bits per heavy atom. The van der Waals surface area contributed by atoms with Gasteiger partial charge in [0.1, 0.15) is 6.04 Å². The molecule has 20 heavy (non-hydrogen) atoms. The number of nitrogens with two attached hydrogens (primary N) is 1. The minimum absolute atomic E-state index is 0.0234. The van der Waals surface area contributed by atoms with Crippen LogP contribution < -0.4 is 11.1 Å². The molecule has 0 bridgehead atoms. The molecule has 0 unspecified atom stereocenters. The highest BCUT2D eigenvalue weighted by Crippen LogP contribution is 2.17. The van der Waals surface area contributed by atoms with Crippen LogP contribution in [-0.4, -0.2) is 25.0 Å². The topological polar surface area (TPSA) is 81.4 Å². The standard InChI is InChI=1S/C15H22N2O3/c1-4-10(2)12(14(16)18)17-15(19)13(20-3)11-8-6-5-7-9-11/h5-10,12-13H,4H2,1-3H3,(H2,16,18)(H,17,19)/t10-,12-,13-/m1/s1. The summed E-state index contributed by atoms with van der Waals surface area (Å²) in [4.78, 5) is 23.7. The number of hydrogen-bond donors (Lipinski definition) is 2. The van der Waals surface area contributed by atoms with Crippen LogP contribution in [0.4, 0.5) is 0 Å². The van der Waals surface area contributed by atoms with Crippen molar-refractivity contribution in [3.8, 4) is 0 Å². The SMILES string of the molecule is CC[C@@H](C)[C@@H](NC(=O)[C@H](OC)c1ccccc1)C(N)=O. The summed E-state index contributed by atoms with van der Waals surface area (Å²) in [5.74, 6) is -0.914. The summed E-state index contributed by atoms with van der Waals surface area (Å²) in [6.45, 7) is 3.82. The first kappa shape index (κ1) is 16.2. The van der Waals surface area contributed by atoms with Crippen LogP contribution in [0.25, 0.3) is 0 Å². The second-order valence-corrected chi connectivity index (χ2v) is 4.80. The van der Waals surface area contributed by atoms with E-state index in [1.165, 1.54) is 7.11 Å². The number of methoxy groups -OCH3 is 1. The number of primary amides is 1. The zero-order chi connectivity index (χ0) is 15.1. The third-order valence-corrected chi connectivity index (χ3v) is 3.39. The molecule has 110 valence electrons. The number of benzene rings is 1. The Morgan fingerprint density at radius 2 is 1.90 bits per heavy atom. The maximum atomic E-state index is 12.3. The summed E-state index contributed by atoms with van der Waals surface area (Å²) in [5.41, 5.74) is 6.08. The second-order valence-electron chi connectivity index (χ2n) is 4.80. The average Bonchev–Trinajstić information content (AvgIpc) is 2.45. The van der Waals surface area contributed by atoms with Gasteiger partial charge in [-0.2, -0.15) is 0 Å². The van der Waals surface area contributed by atoms with E-state index in [1.807, 2.05) is 32.0 Å². The maximum Gasteiger partial charge on any atom is 0.254 e. The highest BCUT2D eigenvalue weighted by atomic mass is 16.5. The first-order valence-corrected chi connectivity index (χ1v) is 6.68. The molecule has 5 nitrogen and oxygen atoms in total. The molecule has 0 fully saturated rings. The number of carbonyl (C=O) groups excluding carboxylic acids is 2. The molecule has 0 radical (unpaired) electrons. The van der Waals surface area contributed by atoms with Gasteiger partial charge in [-0.05, 0) is 11.5 Å². The van der Waals surface area contributed by atoms with Crippen LogP contribution in [0.15, 0.2) is 30.3 Å². The number of carbonyl (C=O) groups is 2. The normalized spacial score (nSPS) is 15.2. The quantitative estimate of drug-likeness (QED) is 0.790. The largest absolute Gasteiger partial charge is 0.368 e. The van der Waals surface area contributed by atoms with E-state index in [0.29, 0.717) is 0 Å². The number of hydrogen-bond acceptors (Lipinski definition) is 3. The predicted molar refractivity (Wildman–Crippen MR) is 76.8 cm³/mol. The summed E-state index contributed by atoms with van der Waals surface area (Å²) in [5, 5.41) is 2.68. The summed E-state index contributed by atoms with van der Waals surface area (Å²) >= 11 is 0. The van der Waals surface area contributed by atoms with Gasteiger partial charge in [-0.15, -0.1) is 0 Å². The molecule has 0 aliphatic heterocycles. The molecule has 0 saturated carbocycles. The Labute approximate surface area is 119 Å². The molecule has 1 aromatic carbocycles. The van der Waals surface area contributed by atoms with Crippen molar-refractivity contribution in [1.82, 2.24) is 5.32 Å². The monoisotopic (exact) mass is 278 g/mol. The van der Waals surface area contributed by atoms with Crippen LogP contribution in [0.1, 0.15) is 31.9 Å². The molecule has 1 rings (SSSR count). The van der Waals surface area contributed by atoms with Gasteiger partial charge in [-0.25, -0.2) is 0 Å². The lowest BCUT2D eigenvalue weighted by atomic mass is 9.98. The molecular weight excluding hydrogens is 256 g/mol. The van der Waals surface area contributed by atoms with Crippen LogP contribution in [0.2, 0.25) is 0 Å². The number of ether oxygens (including phenoxy) is 1. The molecule has 1 aromatic rings. The fourth-order valence-corrected chi connectivity index (χ4v) is 1.98. The van der Waals surface area contributed by atoms with Crippen LogP contribution in [0.5, 0.6) is 0 Å². The van der Waals surface area contributed by atoms with Crippen molar-refractivity contribution in [2.75, 3.05) is 7.11 Å². The van der Waals surface area contributed by atoms with E-state index in [2.05, 4.69) is 5.32 Å². The number of nitrogens with one attached hydrogen (secondary N) is 1. The summed E-state index contributed by atoms with van der Waals surface area (Å²) in [7, 11) is 1.46. The molecule has 0 spiro atoms. The van der Waals surface area contributed by atoms with Crippen molar-refractivity contribution in [2.24, 2.45) is 11.7 Å². The lowest BCUT2D eigenvalue weighted by Crippen LogP contribution is -2.49. The van der Waals surface area contributed by atoms with E-state index < -0.39 is 18.1 Å². The molecule has 3 atom stereocenters. The molecule has 0 aromatic heterocycles. The van der Waals surface area contributed by atoms with Crippen molar-refractivity contribution < 1.29 is 14.3 Å². The minimum atomic E-state index is -0.748. The van der Waals surface area contributed by atoms with Gasteiger partial charge in [0.2, 0.25) is 5.91 Å². The Morgan fingerprint density at radius 3 is 2.35 bits per heavy atom. The van der Waals surface area contributed by atoms with E-state index in [4.69, 9.17) is 10.5 Å². The van der Waals surface area contributed by atoms with E-state index >= 15 is 0 Å². The highest BCUT2D eigenvalue weighted by molar-refractivity contribution is 5.89. The van der Waals surface area contributed by atoms with Crippen molar-refractivity contribution in [2.45, 2.75) is 32.4 Å². The van der Waals surface area contributed by atoms with Gasteiger partial charge in [0.05, 0.1) is 0 Å². The van der Waals surface area contributed by atoms with Crippen molar-refractivity contribution in [1.29, 1.82) is 0 Å². The fraction of sp³-hybridized carbons (Fsp3) is 0.467. The molecule has 0 aliphatic carbocycles. The third kappa shape index (κ3) is 4.06. The van der Waals surface area contributed by atoms with E-state index in [1.54, 1.807) is 12.1 Å². The fourth-order valence-electron chi connectivity index (χ4n) is 1.98. The molecule has 0 heterocycles. The van der Waals surface area contributed by atoms with Crippen molar-refractivity contribution in [3.05, 3.63) is 35.9 Å². The number of amides is 2. The summed E-state index contributed by atoms with van der Waals surface area (Å²) < 4.78 is 5.23. The Balaban J connectivity index is 2.84. The van der Waals surface area contributed by atoms with E-state index in [-0.39, 0.29) is 11.8 Å². The van der Waals surface area contributed by atoms with Gasteiger partial charge in [0, 0.05) is 7.11 Å². The van der Waals surface area contributed by atoms with Gasteiger partial charge < -0.3 is 15.8 Å². The average molecular weight is 278 g/mol. The Kier molecular flexibility index (Phi) is 6.18. The summed E-state index contributed by atoms with van der Waals surface area (Å²) in [6.07, 6.45) is -0.00115. The highest BCUT2D eigenvalue weighted by Gasteiger charge is 2.28. The van der Waals surface area contributed by atoms with Gasteiger partial charge in [0.25, 0.3) is 5.91 Å². The lowest BCUT2D eigenvalue weighted by Gasteiger charge is -2.24. The molecule has 2 amide bonds. The second kappa shape index (κ2) is 7.65. The zero-order valence-electron chi connectivity index (χ0n) is 12.1. The molecular formula is C15H22N2O3. The summed E-state index contributed by atoms with van der Waals surface area (Å²) in [6, 6.07) is 8.43. The molecule has 0 saturated heterocycles.